The lowest BCUT2D eigenvalue weighted by molar-refractivity contribution is -0.0502. The summed E-state index contributed by atoms with van der Waals surface area (Å²) in [5.74, 6) is -0.631. The number of sulfonamides is 1. The molecule has 1 aliphatic rings. The van der Waals surface area contributed by atoms with E-state index in [4.69, 9.17) is 0 Å². The molecule has 0 N–H and O–H groups in total. The summed E-state index contributed by atoms with van der Waals surface area (Å²) in [5.41, 5.74) is 0.0422. The van der Waals surface area contributed by atoms with Crippen LogP contribution in [0, 0.1) is 0 Å². The highest BCUT2D eigenvalue weighted by molar-refractivity contribution is 7.88. The summed E-state index contributed by atoms with van der Waals surface area (Å²) in [6.45, 7) is -1.95. The maximum Gasteiger partial charge on any atom is 0.387 e. The lowest BCUT2D eigenvalue weighted by atomic mass is 10.1. The van der Waals surface area contributed by atoms with E-state index in [1.54, 1.807) is 6.07 Å². The van der Waals surface area contributed by atoms with Crippen LogP contribution in [0.5, 0.6) is 5.75 Å². The second kappa shape index (κ2) is 7.22. The van der Waals surface area contributed by atoms with Gasteiger partial charge in [0.1, 0.15) is 5.75 Å². The molecule has 1 saturated heterocycles. The van der Waals surface area contributed by atoms with Crippen LogP contribution in [-0.2, 0) is 10.0 Å². The second-order valence-electron chi connectivity index (χ2n) is 5.18. The summed E-state index contributed by atoms with van der Waals surface area (Å²) in [5, 5.41) is 0. The van der Waals surface area contributed by atoms with Gasteiger partial charge >= 0.3 is 6.61 Å². The number of alkyl halides is 2. The summed E-state index contributed by atoms with van der Waals surface area (Å²) in [6, 6.07) is 5.79. The Hall–Kier alpha value is -1.74. The molecule has 9 heteroatoms. The Kier molecular flexibility index (Phi) is 5.53. The standard InChI is InChI=1S/C14H18F2N2O4S/c1-23(20,21)18-8-4-7-17(9-10-18)13(19)11-5-2-3-6-12(11)22-14(15)16/h2-3,5-6,14H,4,7-10H2,1H3. The van der Waals surface area contributed by atoms with E-state index in [0.717, 1.165) is 6.26 Å². The molecule has 128 valence electrons. The van der Waals surface area contributed by atoms with Crippen LogP contribution in [0.1, 0.15) is 16.8 Å². The molecule has 1 amide bonds. The first-order chi connectivity index (χ1) is 10.8. The minimum Gasteiger partial charge on any atom is -0.434 e. The molecule has 1 heterocycles. The number of hydrogen-bond acceptors (Lipinski definition) is 4. The SMILES string of the molecule is CS(=O)(=O)N1CCCN(C(=O)c2ccccc2OC(F)F)CC1. The molecular weight excluding hydrogens is 330 g/mol. The molecule has 0 radical (unpaired) electrons. The minimum absolute atomic E-state index is 0.0422. The monoisotopic (exact) mass is 348 g/mol. The van der Waals surface area contributed by atoms with Crippen LogP contribution >= 0.6 is 0 Å². The van der Waals surface area contributed by atoms with Crippen molar-refractivity contribution in [2.24, 2.45) is 0 Å². The van der Waals surface area contributed by atoms with Crippen molar-refractivity contribution in [2.75, 3.05) is 32.4 Å². The van der Waals surface area contributed by atoms with Gasteiger partial charge in [0.25, 0.3) is 5.91 Å². The summed E-state index contributed by atoms with van der Waals surface area (Å²) >= 11 is 0. The Morgan fingerprint density at radius 2 is 1.87 bits per heavy atom. The van der Waals surface area contributed by atoms with Crippen LogP contribution in [0.4, 0.5) is 8.78 Å². The third kappa shape index (κ3) is 4.61. The van der Waals surface area contributed by atoms with Gasteiger partial charge in [-0.15, -0.1) is 0 Å². The van der Waals surface area contributed by atoms with Gasteiger partial charge in [-0.1, -0.05) is 12.1 Å². The van der Waals surface area contributed by atoms with Gasteiger partial charge in [0.15, 0.2) is 0 Å². The molecule has 0 atom stereocenters. The van der Waals surface area contributed by atoms with Gasteiger partial charge < -0.3 is 9.64 Å². The first-order valence-electron chi connectivity index (χ1n) is 7.07. The predicted molar refractivity (Wildman–Crippen MR) is 80.0 cm³/mol. The zero-order valence-electron chi connectivity index (χ0n) is 12.6. The molecule has 0 aromatic heterocycles. The third-order valence-corrected chi connectivity index (χ3v) is 4.85. The number of amides is 1. The number of rotatable bonds is 4. The van der Waals surface area contributed by atoms with E-state index in [9.17, 15) is 22.0 Å². The van der Waals surface area contributed by atoms with Gasteiger partial charge in [0, 0.05) is 26.2 Å². The van der Waals surface area contributed by atoms with Crippen LogP contribution < -0.4 is 4.74 Å². The summed E-state index contributed by atoms with van der Waals surface area (Å²) in [4.78, 5) is 14.0. The van der Waals surface area contributed by atoms with Crippen molar-refractivity contribution in [2.45, 2.75) is 13.0 Å². The Balaban J connectivity index is 2.15. The van der Waals surface area contributed by atoms with Crippen molar-refractivity contribution in [3.8, 4) is 5.75 Å². The Labute approximate surface area is 133 Å². The van der Waals surface area contributed by atoms with Crippen molar-refractivity contribution in [3.63, 3.8) is 0 Å². The van der Waals surface area contributed by atoms with E-state index in [0.29, 0.717) is 19.5 Å². The Bertz CT molecular complexity index is 666. The van der Waals surface area contributed by atoms with Crippen molar-refractivity contribution in [3.05, 3.63) is 29.8 Å². The van der Waals surface area contributed by atoms with E-state index >= 15 is 0 Å². The van der Waals surface area contributed by atoms with E-state index in [1.165, 1.54) is 27.4 Å². The van der Waals surface area contributed by atoms with Crippen LogP contribution in [0.15, 0.2) is 24.3 Å². The highest BCUT2D eigenvalue weighted by atomic mass is 32.2. The van der Waals surface area contributed by atoms with Gasteiger partial charge in [-0.25, -0.2) is 12.7 Å². The zero-order chi connectivity index (χ0) is 17.0. The molecule has 23 heavy (non-hydrogen) atoms. The molecule has 0 bridgehead atoms. The van der Waals surface area contributed by atoms with Crippen molar-refractivity contribution >= 4 is 15.9 Å². The van der Waals surface area contributed by atoms with Gasteiger partial charge in [0.05, 0.1) is 11.8 Å². The number of carbonyl (C=O) groups is 1. The first-order valence-corrected chi connectivity index (χ1v) is 8.92. The highest BCUT2D eigenvalue weighted by Gasteiger charge is 2.26. The third-order valence-electron chi connectivity index (χ3n) is 3.54. The number of halogens is 2. The Morgan fingerprint density at radius 3 is 2.52 bits per heavy atom. The van der Waals surface area contributed by atoms with Gasteiger partial charge in [-0.3, -0.25) is 4.79 Å². The number of benzene rings is 1. The molecule has 2 rings (SSSR count). The average molecular weight is 348 g/mol. The van der Waals surface area contributed by atoms with E-state index in [-0.39, 0.29) is 24.4 Å². The smallest absolute Gasteiger partial charge is 0.387 e. The number of para-hydroxylation sites is 1. The van der Waals surface area contributed by atoms with Crippen LogP contribution in [0.3, 0.4) is 0 Å². The lowest BCUT2D eigenvalue weighted by Crippen LogP contribution is -2.37. The molecule has 0 aliphatic carbocycles. The molecule has 6 nitrogen and oxygen atoms in total. The fourth-order valence-corrected chi connectivity index (χ4v) is 3.31. The summed E-state index contributed by atoms with van der Waals surface area (Å²) in [6.07, 6.45) is 1.60. The lowest BCUT2D eigenvalue weighted by Gasteiger charge is -2.22. The minimum atomic E-state index is -3.32. The quantitative estimate of drug-likeness (QED) is 0.825. The normalized spacial score (nSPS) is 17.1. The summed E-state index contributed by atoms with van der Waals surface area (Å²) < 4.78 is 53.7. The predicted octanol–water partition coefficient (Wildman–Crippen LogP) is 1.40. The van der Waals surface area contributed by atoms with Crippen LogP contribution in [0.2, 0.25) is 0 Å². The number of hydrogen-bond donors (Lipinski definition) is 0. The van der Waals surface area contributed by atoms with Gasteiger partial charge in [0.2, 0.25) is 10.0 Å². The largest absolute Gasteiger partial charge is 0.434 e. The highest BCUT2D eigenvalue weighted by Crippen LogP contribution is 2.22. The zero-order valence-corrected chi connectivity index (χ0v) is 13.4. The van der Waals surface area contributed by atoms with Gasteiger partial charge in [-0.2, -0.15) is 8.78 Å². The topological polar surface area (TPSA) is 66.9 Å². The molecule has 0 unspecified atom stereocenters. The van der Waals surface area contributed by atoms with Crippen molar-refractivity contribution < 1.29 is 26.7 Å². The van der Waals surface area contributed by atoms with E-state index < -0.39 is 22.5 Å². The molecule has 1 fully saturated rings. The molecular formula is C14H18F2N2O4S. The molecule has 1 aromatic carbocycles. The number of ether oxygens (including phenoxy) is 1. The molecule has 1 aromatic rings. The molecule has 0 spiro atoms. The second-order valence-corrected chi connectivity index (χ2v) is 7.16. The van der Waals surface area contributed by atoms with Crippen LogP contribution in [0.25, 0.3) is 0 Å². The van der Waals surface area contributed by atoms with Gasteiger partial charge in [-0.05, 0) is 18.6 Å². The maximum atomic E-state index is 12.5. The van der Waals surface area contributed by atoms with E-state index in [2.05, 4.69) is 4.74 Å². The molecule has 0 saturated carbocycles. The average Bonchev–Trinajstić information content (AvgIpc) is 2.72. The fraction of sp³-hybridized carbons (Fsp3) is 0.500. The number of nitrogens with zero attached hydrogens (tertiary/aromatic N) is 2. The van der Waals surface area contributed by atoms with Crippen LogP contribution in [-0.4, -0.2) is 62.6 Å². The summed E-state index contributed by atoms with van der Waals surface area (Å²) in [7, 11) is -3.32. The maximum absolute atomic E-state index is 12.5. The first kappa shape index (κ1) is 17.6. The number of carbonyl (C=O) groups excluding carboxylic acids is 1. The molecule has 1 aliphatic heterocycles. The van der Waals surface area contributed by atoms with E-state index in [1.807, 2.05) is 0 Å². The Morgan fingerprint density at radius 1 is 1.17 bits per heavy atom. The van der Waals surface area contributed by atoms with Crippen molar-refractivity contribution in [1.29, 1.82) is 0 Å². The van der Waals surface area contributed by atoms with Crippen molar-refractivity contribution in [1.82, 2.24) is 9.21 Å². The fourth-order valence-electron chi connectivity index (χ4n) is 2.44.